The van der Waals surface area contributed by atoms with Crippen LogP contribution in [0.4, 0.5) is 0 Å². The Morgan fingerprint density at radius 2 is 2.31 bits per heavy atom. The normalized spacial score (nSPS) is 24.0. The molecule has 0 saturated carbocycles. The molecule has 3 heteroatoms. The number of rotatable bonds is 6. The van der Waals surface area contributed by atoms with Crippen molar-refractivity contribution < 1.29 is 9.90 Å². The molecule has 0 radical (unpaired) electrons. The number of carboxylic acid groups (broad SMARTS) is 1. The van der Waals surface area contributed by atoms with Gasteiger partial charge in [-0.1, -0.05) is 25.5 Å². The van der Waals surface area contributed by atoms with E-state index in [1.807, 2.05) is 6.92 Å². The van der Waals surface area contributed by atoms with Gasteiger partial charge in [-0.15, -0.1) is 0 Å². The molecule has 2 N–H and O–H groups in total. The number of allylic oxidation sites excluding steroid dienone is 2. The monoisotopic (exact) mass is 225 g/mol. The summed E-state index contributed by atoms with van der Waals surface area (Å²) in [5.74, 6) is -0.138. The first-order valence-corrected chi connectivity index (χ1v) is 6.22. The molecule has 16 heavy (non-hydrogen) atoms. The zero-order valence-corrected chi connectivity index (χ0v) is 10.3. The zero-order chi connectivity index (χ0) is 12.0. The topological polar surface area (TPSA) is 49.3 Å². The van der Waals surface area contributed by atoms with Gasteiger partial charge >= 0.3 is 5.97 Å². The van der Waals surface area contributed by atoms with Crippen LogP contribution in [-0.4, -0.2) is 23.2 Å². The summed E-state index contributed by atoms with van der Waals surface area (Å²) in [6, 6.07) is 0. The minimum Gasteiger partial charge on any atom is -0.480 e. The van der Waals surface area contributed by atoms with Gasteiger partial charge in [0.05, 0.1) is 0 Å². The van der Waals surface area contributed by atoms with Gasteiger partial charge in [-0.25, -0.2) is 0 Å². The van der Waals surface area contributed by atoms with Gasteiger partial charge in [-0.2, -0.15) is 0 Å². The highest BCUT2D eigenvalue weighted by molar-refractivity contribution is 5.78. The molecule has 0 heterocycles. The van der Waals surface area contributed by atoms with E-state index in [4.69, 9.17) is 0 Å². The Balaban J connectivity index is 2.43. The van der Waals surface area contributed by atoms with Crippen LogP contribution in [0.2, 0.25) is 0 Å². The lowest BCUT2D eigenvalue weighted by molar-refractivity contribution is -0.144. The van der Waals surface area contributed by atoms with Crippen molar-refractivity contribution in [1.82, 2.24) is 5.32 Å². The molecule has 1 aliphatic carbocycles. The molecule has 2 atom stereocenters. The van der Waals surface area contributed by atoms with E-state index < -0.39 is 11.5 Å². The second kappa shape index (κ2) is 6.04. The van der Waals surface area contributed by atoms with Crippen molar-refractivity contribution in [3.63, 3.8) is 0 Å². The van der Waals surface area contributed by atoms with Crippen molar-refractivity contribution in [2.45, 2.75) is 51.5 Å². The first-order valence-electron chi connectivity index (χ1n) is 6.22. The summed E-state index contributed by atoms with van der Waals surface area (Å²) in [7, 11) is 0. The predicted molar refractivity (Wildman–Crippen MR) is 65.4 cm³/mol. The van der Waals surface area contributed by atoms with Crippen LogP contribution >= 0.6 is 0 Å². The Kier molecular flexibility index (Phi) is 5.00. The molecule has 0 bridgehead atoms. The van der Waals surface area contributed by atoms with Gasteiger partial charge in [0.25, 0.3) is 0 Å². The Morgan fingerprint density at radius 3 is 2.81 bits per heavy atom. The van der Waals surface area contributed by atoms with Gasteiger partial charge < -0.3 is 10.4 Å². The summed E-state index contributed by atoms with van der Waals surface area (Å²) < 4.78 is 0. The summed E-state index contributed by atoms with van der Waals surface area (Å²) in [5.41, 5.74) is -0.754. The van der Waals surface area contributed by atoms with E-state index in [1.165, 1.54) is 6.42 Å². The Morgan fingerprint density at radius 1 is 1.56 bits per heavy atom. The molecule has 0 fully saturated rings. The number of hydrogen-bond donors (Lipinski definition) is 2. The highest BCUT2D eigenvalue weighted by Crippen LogP contribution is 2.19. The molecule has 0 spiro atoms. The first kappa shape index (κ1) is 13.2. The lowest BCUT2D eigenvalue weighted by atomic mass is 9.91. The minimum absolute atomic E-state index is 0.598. The predicted octanol–water partition coefficient (Wildman–Crippen LogP) is 2.58. The number of carboxylic acids is 1. The highest BCUT2D eigenvalue weighted by Gasteiger charge is 2.31. The molecule has 0 aromatic heterocycles. The minimum atomic E-state index is -0.754. The second-order valence-electron chi connectivity index (χ2n) is 4.92. The summed E-state index contributed by atoms with van der Waals surface area (Å²) in [6.45, 7) is 4.62. The third-order valence-electron chi connectivity index (χ3n) is 3.38. The highest BCUT2D eigenvalue weighted by atomic mass is 16.4. The summed E-state index contributed by atoms with van der Waals surface area (Å²) in [6.07, 6.45) is 9.36. The van der Waals surface area contributed by atoms with Crippen molar-refractivity contribution in [1.29, 1.82) is 0 Å². The molecular weight excluding hydrogens is 202 g/mol. The lowest BCUT2D eigenvalue weighted by Crippen LogP contribution is -2.51. The fraction of sp³-hybridized carbons (Fsp3) is 0.769. The van der Waals surface area contributed by atoms with Crippen molar-refractivity contribution in [2.24, 2.45) is 5.92 Å². The first-order chi connectivity index (χ1) is 7.58. The van der Waals surface area contributed by atoms with Crippen molar-refractivity contribution in [2.75, 3.05) is 6.54 Å². The van der Waals surface area contributed by atoms with E-state index in [9.17, 15) is 9.90 Å². The number of nitrogens with one attached hydrogen (secondary N) is 1. The molecular formula is C13H23NO2. The van der Waals surface area contributed by atoms with E-state index >= 15 is 0 Å². The maximum atomic E-state index is 11.2. The fourth-order valence-electron chi connectivity index (χ4n) is 2.18. The van der Waals surface area contributed by atoms with Gasteiger partial charge in [0.1, 0.15) is 5.54 Å². The molecule has 0 saturated heterocycles. The summed E-state index contributed by atoms with van der Waals surface area (Å²) in [5, 5.41) is 12.4. The van der Waals surface area contributed by atoms with Crippen LogP contribution in [-0.2, 0) is 4.79 Å². The largest absolute Gasteiger partial charge is 0.480 e. The SMILES string of the molecule is CCCC(C)(NCC1CC=CCC1)C(=O)O. The number of aliphatic carboxylic acids is 1. The maximum absolute atomic E-state index is 11.2. The van der Waals surface area contributed by atoms with E-state index in [1.54, 1.807) is 6.92 Å². The van der Waals surface area contributed by atoms with Crippen LogP contribution in [0.5, 0.6) is 0 Å². The Bertz CT molecular complexity index is 263. The second-order valence-corrected chi connectivity index (χ2v) is 4.92. The van der Waals surface area contributed by atoms with Crippen molar-refractivity contribution in [3.05, 3.63) is 12.2 Å². The van der Waals surface area contributed by atoms with E-state index in [0.717, 1.165) is 25.8 Å². The molecule has 0 aromatic carbocycles. The summed E-state index contributed by atoms with van der Waals surface area (Å²) in [4.78, 5) is 11.2. The average Bonchev–Trinajstić information content (AvgIpc) is 2.28. The van der Waals surface area contributed by atoms with Crippen LogP contribution < -0.4 is 5.32 Å². The van der Waals surface area contributed by atoms with Gasteiger partial charge in [0, 0.05) is 0 Å². The third kappa shape index (κ3) is 3.63. The smallest absolute Gasteiger partial charge is 0.323 e. The fourth-order valence-corrected chi connectivity index (χ4v) is 2.18. The van der Waals surface area contributed by atoms with Gasteiger partial charge in [-0.05, 0) is 45.1 Å². The third-order valence-corrected chi connectivity index (χ3v) is 3.38. The molecule has 0 aliphatic heterocycles. The van der Waals surface area contributed by atoms with E-state index in [-0.39, 0.29) is 0 Å². The average molecular weight is 225 g/mol. The molecule has 2 unspecified atom stereocenters. The van der Waals surface area contributed by atoms with Crippen molar-refractivity contribution >= 4 is 5.97 Å². The Hall–Kier alpha value is -0.830. The molecule has 1 rings (SSSR count). The van der Waals surface area contributed by atoms with Gasteiger partial charge in [0.15, 0.2) is 0 Å². The summed E-state index contributed by atoms with van der Waals surface area (Å²) >= 11 is 0. The number of hydrogen-bond acceptors (Lipinski definition) is 2. The molecule has 0 aromatic rings. The number of carbonyl (C=O) groups is 1. The van der Waals surface area contributed by atoms with Crippen LogP contribution in [0.25, 0.3) is 0 Å². The van der Waals surface area contributed by atoms with Crippen LogP contribution in [0.1, 0.15) is 46.0 Å². The lowest BCUT2D eigenvalue weighted by Gasteiger charge is -2.29. The molecule has 3 nitrogen and oxygen atoms in total. The zero-order valence-electron chi connectivity index (χ0n) is 10.3. The van der Waals surface area contributed by atoms with Crippen LogP contribution in [0.15, 0.2) is 12.2 Å². The molecule has 92 valence electrons. The maximum Gasteiger partial charge on any atom is 0.323 e. The van der Waals surface area contributed by atoms with Crippen LogP contribution in [0.3, 0.4) is 0 Å². The van der Waals surface area contributed by atoms with Gasteiger partial charge in [0.2, 0.25) is 0 Å². The van der Waals surface area contributed by atoms with E-state index in [2.05, 4.69) is 17.5 Å². The molecule has 0 amide bonds. The van der Waals surface area contributed by atoms with Crippen molar-refractivity contribution in [3.8, 4) is 0 Å². The van der Waals surface area contributed by atoms with E-state index in [0.29, 0.717) is 12.3 Å². The Labute approximate surface area is 97.9 Å². The standard InChI is InChI=1S/C13H23NO2/c1-3-9-13(2,12(15)16)14-10-11-7-5-4-6-8-11/h4-5,11,14H,3,6-10H2,1-2H3,(H,15,16). The quantitative estimate of drug-likeness (QED) is 0.683. The van der Waals surface area contributed by atoms with Gasteiger partial charge in [-0.3, -0.25) is 4.79 Å². The van der Waals surface area contributed by atoms with Crippen LogP contribution in [0, 0.1) is 5.92 Å². The molecule has 1 aliphatic rings.